The van der Waals surface area contributed by atoms with Gasteiger partial charge in [-0.1, -0.05) is 19.9 Å². The van der Waals surface area contributed by atoms with Crippen molar-refractivity contribution in [3.63, 3.8) is 0 Å². The van der Waals surface area contributed by atoms with Gasteiger partial charge in [-0.05, 0) is 18.6 Å². The summed E-state index contributed by atoms with van der Waals surface area (Å²) in [5.41, 5.74) is 1.65. The van der Waals surface area contributed by atoms with Crippen molar-refractivity contribution in [1.29, 1.82) is 0 Å². The van der Waals surface area contributed by atoms with Crippen LogP contribution in [0.3, 0.4) is 0 Å². The second kappa shape index (κ2) is 4.94. The van der Waals surface area contributed by atoms with Crippen molar-refractivity contribution in [2.75, 3.05) is 6.61 Å². The molecule has 2 heterocycles. The van der Waals surface area contributed by atoms with Gasteiger partial charge in [-0.2, -0.15) is 9.97 Å². The molecule has 0 unspecified atom stereocenters. The van der Waals surface area contributed by atoms with Gasteiger partial charge in [0.25, 0.3) is 0 Å². The molecule has 0 bridgehead atoms. The molecule has 1 aromatic heterocycles. The molecule has 0 amide bonds. The molecule has 1 aliphatic heterocycles. The average Bonchev–Trinajstić information content (AvgIpc) is 2.80. The maximum Gasteiger partial charge on any atom is 0.322 e. The summed E-state index contributed by atoms with van der Waals surface area (Å²) in [6.07, 6.45) is 2.25. The average molecular weight is 301 g/mol. The highest BCUT2D eigenvalue weighted by molar-refractivity contribution is 5.56. The molecule has 0 fully saturated rings. The molecular formula is C15H15N3O4. The molecule has 0 atom stereocenters. The van der Waals surface area contributed by atoms with Crippen LogP contribution in [0.1, 0.15) is 25.0 Å². The predicted octanol–water partition coefficient (Wildman–Crippen LogP) is 3.16. The third-order valence-corrected chi connectivity index (χ3v) is 3.60. The van der Waals surface area contributed by atoms with E-state index in [1.807, 2.05) is 19.1 Å². The highest BCUT2D eigenvalue weighted by Crippen LogP contribution is 2.46. The number of hydrogen-bond acceptors (Lipinski definition) is 6. The number of aryl methyl sites for hydroxylation is 1. The monoisotopic (exact) mass is 301 g/mol. The summed E-state index contributed by atoms with van der Waals surface area (Å²) >= 11 is 0. The normalized spacial score (nSPS) is 15.0. The summed E-state index contributed by atoms with van der Waals surface area (Å²) in [4.78, 5) is 17.8. The van der Waals surface area contributed by atoms with Crippen molar-refractivity contribution in [1.82, 2.24) is 9.97 Å². The lowest BCUT2D eigenvalue weighted by atomic mass is 9.85. The van der Waals surface area contributed by atoms with Crippen LogP contribution in [0.4, 0.5) is 5.69 Å². The molecule has 2 aromatic rings. The lowest BCUT2D eigenvalue weighted by Crippen LogP contribution is -2.19. The summed E-state index contributed by atoms with van der Waals surface area (Å²) in [5, 5.41) is 10.6. The molecule has 0 saturated carbocycles. The standard InChI is InChI=1S/C15H15N3O4/c1-9-4-5-11(12-13(9)21-8-15(12,2)3)22-14-16-6-10(7-17-14)18(19)20/h4-7H,8H2,1-3H3. The third-order valence-electron chi connectivity index (χ3n) is 3.60. The van der Waals surface area contributed by atoms with E-state index in [9.17, 15) is 10.1 Å². The van der Waals surface area contributed by atoms with E-state index in [1.54, 1.807) is 0 Å². The number of nitrogens with zero attached hydrogens (tertiary/aromatic N) is 3. The predicted molar refractivity (Wildman–Crippen MR) is 78.5 cm³/mol. The first kappa shape index (κ1) is 14.2. The summed E-state index contributed by atoms with van der Waals surface area (Å²) in [7, 11) is 0. The number of rotatable bonds is 3. The van der Waals surface area contributed by atoms with E-state index in [2.05, 4.69) is 23.8 Å². The maximum atomic E-state index is 10.6. The Balaban J connectivity index is 1.97. The zero-order valence-corrected chi connectivity index (χ0v) is 12.5. The van der Waals surface area contributed by atoms with Crippen LogP contribution in [0.5, 0.6) is 17.5 Å². The van der Waals surface area contributed by atoms with Crippen molar-refractivity contribution in [2.45, 2.75) is 26.2 Å². The van der Waals surface area contributed by atoms with Gasteiger partial charge in [-0.25, -0.2) is 0 Å². The van der Waals surface area contributed by atoms with Gasteiger partial charge in [0.1, 0.15) is 23.9 Å². The van der Waals surface area contributed by atoms with Crippen LogP contribution in [-0.4, -0.2) is 21.5 Å². The molecule has 1 aliphatic rings. The largest absolute Gasteiger partial charge is 0.492 e. The fourth-order valence-electron chi connectivity index (χ4n) is 2.46. The molecule has 114 valence electrons. The quantitative estimate of drug-likeness (QED) is 0.639. The number of ether oxygens (including phenoxy) is 2. The zero-order valence-electron chi connectivity index (χ0n) is 12.5. The molecular weight excluding hydrogens is 286 g/mol. The fraction of sp³-hybridized carbons (Fsp3) is 0.333. The van der Waals surface area contributed by atoms with Crippen LogP contribution in [0.2, 0.25) is 0 Å². The molecule has 0 saturated heterocycles. The molecule has 1 aromatic carbocycles. The molecule has 7 nitrogen and oxygen atoms in total. The Hall–Kier alpha value is -2.70. The van der Waals surface area contributed by atoms with Crippen molar-refractivity contribution >= 4 is 5.69 Å². The van der Waals surface area contributed by atoms with Gasteiger partial charge in [-0.3, -0.25) is 10.1 Å². The van der Waals surface area contributed by atoms with Crippen LogP contribution in [0.15, 0.2) is 24.5 Å². The molecule has 0 spiro atoms. The van der Waals surface area contributed by atoms with Gasteiger partial charge < -0.3 is 9.47 Å². The van der Waals surface area contributed by atoms with Gasteiger partial charge in [-0.15, -0.1) is 0 Å². The third kappa shape index (κ3) is 2.34. The van der Waals surface area contributed by atoms with E-state index < -0.39 is 4.92 Å². The zero-order chi connectivity index (χ0) is 15.9. The van der Waals surface area contributed by atoms with Gasteiger partial charge in [0.15, 0.2) is 0 Å². The Bertz CT molecular complexity index is 741. The Morgan fingerprint density at radius 2 is 2.00 bits per heavy atom. The fourth-order valence-corrected chi connectivity index (χ4v) is 2.46. The van der Waals surface area contributed by atoms with E-state index in [4.69, 9.17) is 9.47 Å². The number of fused-ring (bicyclic) bond motifs is 1. The summed E-state index contributed by atoms with van der Waals surface area (Å²) in [5.74, 6) is 1.43. The highest BCUT2D eigenvalue weighted by atomic mass is 16.6. The van der Waals surface area contributed by atoms with Crippen molar-refractivity contribution < 1.29 is 14.4 Å². The number of nitro groups is 1. The molecule has 0 N–H and O–H groups in total. The van der Waals surface area contributed by atoms with Crippen LogP contribution in [0, 0.1) is 17.0 Å². The van der Waals surface area contributed by atoms with Gasteiger partial charge in [0.2, 0.25) is 0 Å². The van der Waals surface area contributed by atoms with Crippen LogP contribution < -0.4 is 9.47 Å². The molecule has 0 radical (unpaired) electrons. The number of hydrogen-bond donors (Lipinski definition) is 0. The summed E-state index contributed by atoms with van der Waals surface area (Å²) in [6.45, 7) is 6.70. The minimum Gasteiger partial charge on any atom is -0.492 e. The van der Waals surface area contributed by atoms with Crippen LogP contribution in [-0.2, 0) is 5.41 Å². The topological polar surface area (TPSA) is 87.4 Å². The minimum atomic E-state index is -0.551. The highest BCUT2D eigenvalue weighted by Gasteiger charge is 2.36. The lowest BCUT2D eigenvalue weighted by Gasteiger charge is -2.18. The Morgan fingerprint density at radius 1 is 1.32 bits per heavy atom. The van der Waals surface area contributed by atoms with Crippen LogP contribution in [0.25, 0.3) is 0 Å². The first-order chi connectivity index (χ1) is 10.4. The van der Waals surface area contributed by atoms with Crippen molar-refractivity contribution in [3.8, 4) is 17.5 Å². The van der Waals surface area contributed by atoms with Crippen molar-refractivity contribution in [3.05, 3.63) is 45.8 Å². The maximum absolute atomic E-state index is 10.6. The Labute approximate surface area is 127 Å². The Morgan fingerprint density at radius 3 is 2.64 bits per heavy atom. The van der Waals surface area contributed by atoms with E-state index in [0.717, 1.165) is 29.3 Å². The molecule has 0 aliphatic carbocycles. The number of benzene rings is 1. The van der Waals surface area contributed by atoms with E-state index in [-0.39, 0.29) is 17.1 Å². The van der Waals surface area contributed by atoms with Crippen LogP contribution >= 0.6 is 0 Å². The van der Waals surface area contributed by atoms with Gasteiger partial charge in [0.05, 0.1) is 11.5 Å². The van der Waals surface area contributed by atoms with E-state index in [1.165, 1.54) is 0 Å². The first-order valence-electron chi connectivity index (χ1n) is 6.80. The Kier molecular flexibility index (Phi) is 3.20. The molecule has 22 heavy (non-hydrogen) atoms. The smallest absolute Gasteiger partial charge is 0.322 e. The molecule has 3 rings (SSSR count). The van der Waals surface area contributed by atoms with Gasteiger partial charge >= 0.3 is 11.7 Å². The second-order valence-corrected chi connectivity index (χ2v) is 5.84. The number of aromatic nitrogens is 2. The second-order valence-electron chi connectivity index (χ2n) is 5.84. The van der Waals surface area contributed by atoms with Gasteiger partial charge in [0, 0.05) is 11.0 Å². The van der Waals surface area contributed by atoms with Crippen molar-refractivity contribution in [2.24, 2.45) is 0 Å². The van der Waals surface area contributed by atoms with E-state index in [0.29, 0.717) is 12.4 Å². The van der Waals surface area contributed by atoms with E-state index >= 15 is 0 Å². The minimum absolute atomic E-state index is 0.0688. The SMILES string of the molecule is Cc1ccc(Oc2ncc([N+](=O)[O-])cn2)c2c1OCC2(C)C. The summed E-state index contributed by atoms with van der Waals surface area (Å²) < 4.78 is 11.5. The lowest BCUT2D eigenvalue weighted by molar-refractivity contribution is -0.385. The molecule has 7 heteroatoms. The summed E-state index contributed by atoms with van der Waals surface area (Å²) in [6, 6.07) is 3.82. The first-order valence-corrected chi connectivity index (χ1v) is 6.80.